The number of nitrogens with zero attached hydrogens (tertiary/aromatic N) is 1. The Morgan fingerprint density at radius 3 is 3.00 bits per heavy atom. The van der Waals surface area contributed by atoms with E-state index in [1.807, 2.05) is 36.2 Å². The van der Waals surface area contributed by atoms with Gasteiger partial charge in [-0.25, -0.2) is 0 Å². The van der Waals surface area contributed by atoms with Gasteiger partial charge in [0.1, 0.15) is 5.75 Å². The molecule has 2 rings (SSSR count). The first-order valence-corrected chi connectivity index (χ1v) is 8.17. The fourth-order valence-electron chi connectivity index (χ4n) is 3.10. The van der Waals surface area contributed by atoms with Crippen LogP contribution in [0.3, 0.4) is 0 Å². The molecule has 122 valence electrons. The van der Waals surface area contributed by atoms with Crippen molar-refractivity contribution in [3.05, 3.63) is 29.8 Å². The van der Waals surface area contributed by atoms with E-state index >= 15 is 0 Å². The van der Waals surface area contributed by atoms with Crippen LogP contribution in [-0.2, 0) is 11.3 Å². The van der Waals surface area contributed by atoms with Gasteiger partial charge in [-0.3, -0.25) is 4.79 Å². The molecule has 2 unspecified atom stereocenters. The molecule has 1 heterocycles. The van der Waals surface area contributed by atoms with Gasteiger partial charge in [0.2, 0.25) is 5.91 Å². The Labute approximate surface area is 133 Å². The Kier molecular flexibility index (Phi) is 6.25. The number of benzene rings is 1. The largest absolute Gasteiger partial charge is 0.497 e. The quantitative estimate of drug-likeness (QED) is 0.878. The molecule has 1 N–H and O–H groups in total. The molecular weight excluding hydrogens is 276 g/mol. The first-order chi connectivity index (χ1) is 10.6. The zero-order valence-corrected chi connectivity index (χ0v) is 14.0. The number of carbonyl (C=O) groups is 1. The lowest BCUT2D eigenvalue weighted by Crippen LogP contribution is -2.36. The molecule has 1 saturated heterocycles. The smallest absolute Gasteiger partial charge is 0.222 e. The summed E-state index contributed by atoms with van der Waals surface area (Å²) in [5.74, 6) is 2.12. The molecule has 1 aliphatic rings. The van der Waals surface area contributed by atoms with Crippen molar-refractivity contribution in [2.45, 2.75) is 32.7 Å². The second-order valence-electron chi connectivity index (χ2n) is 6.39. The minimum absolute atomic E-state index is 0.223. The van der Waals surface area contributed by atoms with Gasteiger partial charge >= 0.3 is 0 Å². The second kappa shape index (κ2) is 8.18. The highest BCUT2D eigenvalue weighted by Gasteiger charge is 2.23. The summed E-state index contributed by atoms with van der Waals surface area (Å²) in [6, 6.07) is 7.89. The Balaban J connectivity index is 1.85. The van der Waals surface area contributed by atoms with Gasteiger partial charge < -0.3 is 15.0 Å². The Morgan fingerprint density at radius 2 is 2.32 bits per heavy atom. The van der Waals surface area contributed by atoms with E-state index in [-0.39, 0.29) is 5.91 Å². The standard InChI is InChI=1S/C18H28N2O2/c1-14(16-7-5-9-19-12-16)10-18(21)20(2)13-15-6-4-8-17(11-15)22-3/h4,6,8,11,14,16,19H,5,7,9-10,12-13H2,1-3H3. The minimum Gasteiger partial charge on any atom is -0.497 e. The van der Waals surface area contributed by atoms with Crippen LogP contribution in [0.25, 0.3) is 0 Å². The third-order valence-corrected chi connectivity index (χ3v) is 4.62. The average Bonchev–Trinajstić information content (AvgIpc) is 2.55. The maximum Gasteiger partial charge on any atom is 0.222 e. The van der Waals surface area contributed by atoms with Crippen LogP contribution in [0.15, 0.2) is 24.3 Å². The number of methoxy groups -OCH3 is 1. The number of hydrogen-bond acceptors (Lipinski definition) is 3. The van der Waals surface area contributed by atoms with E-state index in [9.17, 15) is 4.79 Å². The van der Waals surface area contributed by atoms with Crippen molar-refractivity contribution in [1.82, 2.24) is 10.2 Å². The number of ether oxygens (including phenoxy) is 1. The molecule has 1 amide bonds. The minimum atomic E-state index is 0.223. The van der Waals surface area contributed by atoms with Crippen molar-refractivity contribution in [3.63, 3.8) is 0 Å². The number of carbonyl (C=O) groups excluding carboxylic acids is 1. The topological polar surface area (TPSA) is 41.6 Å². The molecule has 1 aliphatic heterocycles. The van der Waals surface area contributed by atoms with Crippen molar-refractivity contribution in [1.29, 1.82) is 0 Å². The van der Waals surface area contributed by atoms with Crippen LogP contribution < -0.4 is 10.1 Å². The normalized spacial score (nSPS) is 19.5. The Bertz CT molecular complexity index is 484. The fraction of sp³-hybridized carbons (Fsp3) is 0.611. The van der Waals surface area contributed by atoms with Crippen LogP contribution in [0.2, 0.25) is 0 Å². The van der Waals surface area contributed by atoms with Gasteiger partial charge in [-0.2, -0.15) is 0 Å². The molecule has 0 saturated carbocycles. The third kappa shape index (κ3) is 4.73. The molecule has 1 aromatic rings. The highest BCUT2D eigenvalue weighted by atomic mass is 16.5. The summed E-state index contributed by atoms with van der Waals surface area (Å²) in [6.45, 7) is 5.00. The fourth-order valence-corrected chi connectivity index (χ4v) is 3.10. The zero-order chi connectivity index (χ0) is 15.9. The molecule has 0 bridgehead atoms. The predicted octanol–water partition coefficient (Wildman–Crippen LogP) is 2.68. The number of amides is 1. The van der Waals surface area contributed by atoms with E-state index < -0.39 is 0 Å². The van der Waals surface area contributed by atoms with Gasteiger partial charge in [-0.05, 0) is 55.5 Å². The van der Waals surface area contributed by atoms with Crippen LogP contribution in [0.4, 0.5) is 0 Å². The Hall–Kier alpha value is -1.55. The summed E-state index contributed by atoms with van der Waals surface area (Å²) in [4.78, 5) is 14.3. The predicted molar refractivity (Wildman–Crippen MR) is 88.8 cm³/mol. The molecule has 1 aromatic carbocycles. The molecule has 1 fully saturated rings. The van der Waals surface area contributed by atoms with Gasteiger partial charge in [-0.15, -0.1) is 0 Å². The maximum atomic E-state index is 12.4. The second-order valence-corrected chi connectivity index (χ2v) is 6.39. The Morgan fingerprint density at radius 1 is 1.50 bits per heavy atom. The van der Waals surface area contributed by atoms with Crippen LogP contribution >= 0.6 is 0 Å². The molecule has 2 atom stereocenters. The molecule has 4 nitrogen and oxygen atoms in total. The molecule has 0 aromatic heterocycles. The number of rotatable bonds is 6. The molecule has 0 radical (unpaired) electrons. The molecule has 0 aliphatic carbocycles. The van der Waals surface area contributed by atoms with Crippen molar-refractivity contribution < 1.29 is 9.53 Å². The van der Waals surface area contributed by atoms with E-state index in [0.29, 0.717) is 24.8 Å². The van der Waals surface area contributed by atoms with Crippen molar-refractivity contribution >= 4 is 5.91 Å². The molecule has 0 spiro atoms. The van der Waals surface area contributed by atoms with E-state index in [1.165, 1.54) is 12.8 Å². The van der Waals surface area contributed by atoms with Crippen LogP contribution in [0, 0.1) is 11.8 Å². The van der Waals surface area contributed by atoms with Crippen LogP contribution in [0.1, 0.15) is 31.7 Å². The van der Waals surface area contributed by atoms with Gasteiger partial charge in [0.15, 0.2) is 0 Å². The lowest BCUT2D eigenvalue weighted by molar-refractivity contribution is -0.131. The van der Waals surface area contributed by atoms with Gasteiger partial charge in [0.05, 0.1) is 7.11 Å². The van der Waals surface area contributed by atoms with Crippen molar-refractivity contribution in [3.8, 4) is 5.75 Å². The van der Waals surface area contributed by atoms with Crippen LogP contribution in [-0.4, -0.2) is 38.1 Å². The summed E-state index contributed by atoms with van der Waals surface area (Å²) >= 11 is 0. The van der Waals surface area contributed by atoms with Gasteiger partial charge in [0, 0.05) is 20.0 Å². The monoisotopic (exact) mass is 304 g/mol. The lowest BCUT2D eigenvalue weighted by atomic mass is 9.85. The highest BCUT2D eigenvalue weighted by molar-refractivity contribution is 5.76. The van der Waals surface area contributed by atoms with Crippen molar-refractivity contribution in [2.24, 2.45) is 11.8 Å². The SMILES string of the molecule is COc1cccc(CN(C)C(=O)CC(C)C2CCCNC2)c1. The molecule has 22 heavy (non-hydrogen) atoms. The third-order valence-electron chi connectivity index (χ3n) is 4.62. The highest BCUT2D eigenvalue weighted by Crippen LogP contribution is 2.23. The first kappa shape index (κ1) is 16.8. The summed E-state index contributed by atoms with van der Waals surface area (Å²) in [7, 11) is 3.54. The van der Waals surface area contributed by atoms with Gasteiger partial charge in [0.25, 0.3) is 0 Å². The van der Waals surface area contributed by atoms with E-state index in [0.717, 1.165) is 24.4 Å². The van der Waals surface area contributed by atoms with E-state index in [1.54, 1.807) is 7.11 Å². The number of piperidine rings is 1. The van der Waals surface area contributed by atoms with Gasteiger partial charge in [-0.1, -0.05) is 19.1 Å². The summed E-state index contributed by atoms with van der Waals surface area (Å²) < 4.78 is 5.23. The first-order valence-electron chi connectivity index (χ1n) is 8.17. The number of hydrogen-bond donors (Lipinski definition) is 1. The summed E-state index contributed by atoms with van der Waals surface area (Å²) in [5.41, 5.74) is 1.10. The maximum absolute atomic E-state index is 12.4. The summed E-state index contributed by atoms with van der Waals surface area (Å²) in [6.07, 6.45) is 3.09. The van der Waals surface area contributed by atoms with E-state index in [2.05, 4.69) is 12.2 Å². The van der Waals surface area contributed by atoms with Crippen LogP contribution in [0.5, 0.6) is 5.75 Å². The summed E-state index contributed by atoms with van der Waals surface area (Å²) in [5, 5.41) is 3.43. The average molecular weight is 304 g/mol. The molecule has 4 heteroatoms. The lowest BCUT2D eigenvalue weighted by Gasteiger charge is -2.29. The van der Waals surface area contributed by atoms with Crippen molar-refractivity contribution in [2.75, 3.05) is 27.2 Å². The molecular formula is C18H28N2O2. The zero-order valence-electron chi connectivity index (χ0n) is 14.0. The van der Waals surface area contributed by atoms with E-state index in [4.69, 9.17) is 4.74 Å². The number of nitrogens with one attached hydrogen (secondary N) is 1.